The first kappa shape index (κ1) is 26.8. The topological polar surface area (TPSA) is 128 Å². The number of anilines is 1. The summed E-state index contributed by atoms with van der Waals surface area (Å²) >= 11 is 0. The zero-order chi connectivity index (χ0) is 27.9. The number of hydrogen-bond donors (Lipinski definition) is 1. The number of amides is 4. The van der Waals surface area contributed by atoms with Crippen LogP contribution in [0.3, 0.4) is 0 Å². The lowest BCUT2D eigenvalue weighted by atomic mass is 10.0. The Morgan fingerprint density at radius 3 is 2.38 bits per heavy atom. The number of nitrogens with zero attached hydrogens (tertiary/aromatic N) is 2. The maximum atomic E-state index is 13.2. The molecule has 0 aliphatic carbocycles. The standard InChI is InChI=1S/C29H25N3O7/c1-3-8-21-15-20(16-24-27(33)30-29(35)31(28(24)34)22-9-6-5-7-10-22)17-25(38-4-2)26(21)39-18-19-11-13-23(14-12-19)32(36)37/h3,5-7,9-17H,1,4,8,18H2,2H3,(H,30,33,35)/b24-16+. The molecule has 198 valence electrons. The minimum Gasteiger partial charge on any atom is -0.490 e. The van der Waals surface area contributed by atoms with E-state index in [2.05, 4.69) is 11.9 Å². The molecule has 1 heterocycles. The molecule has 10 nitrogen and oxygen atoms in total. The van der Waals surface area contributed by atoms with Crippen molar-refractivity contribution in [3.8, 4) is 11.5 Å². The molecule has 4 rings (SSSR count). The van der Waals surface area contributed by atoms with Crippen LogP contribution in [-0.2, 0) is 22.6 Å². The summed E-state index contributed by atoms with van der Waals surface area (Å²) in [7, 11) is 0. The Morgan fingerprint density at radius 2 is 1.74 bits per heavy atom. The van der Waals surface area contributed by atoms with E-state index in [-0.39, 0.29) is 17.9 Å². The molecule has 1 aliphatic rings. The molecule has 3 aromatic carbocycles. The first-order valence-corrected chi connectivity index (χ1v) is 12.1. The summed E-state index contributed by atoms with van der Waals surface area (Å²) in [4.78, 5) is 49.7. The van der Waals surface area contributed by atoms with Crippen LogP contribution in [-0.4, -0.2) is 29.4 Å². The molecule has 0 unspecified atom stereocenters. The van der Waals surface area contributed by atoms with Crippen LogP contribution >= 0.6 is 0 Å². The second kappa shape index (κ2) is 11.9. The Bertz CT molecular complexity index is 1460. The van der Waals surface area contributed by atoms with E-state index in [9.17, 15) is 24.5 Å². The van der Waals surface area contributed by atoms with Crippen molar-refractivity contribution in [2.75, 3.05) is 11.5 Å². The first-order chi connectivity index (χ1) is 18.8. The van der Waals surface area contributed by atoms with Gasteiger partial charge in [-0.15, -0.1) is 6.58 Å². The third-order valence-corrected chi connectivity index (χ3v) is 5.78. The summed E-state index contributed by atoms with van der Waals surface area (Å²) in [5.74, 6) is -0.737. The van der Waals surface area contributed by atoms with Gasteiger partial charge in [0.25, 0.3) is 17.5 Å². The smallest absolute Gasteiger partial charge is 0.335 e. The third kappa shape index (κ3) is 6.02. The van der Waals surface area contributed by atoms with Crippen LogP contribution in [0.4, 0.5) is 16.2 Å². The van der Waals surface area contributed by atoms with E-state index >= 15 is 0 Å². The number of para-hydroxylation sites is 1. The van der Waals surface area contributed by atoms with Gasteiger partial charge in [0.1, 0.15) is 12.2 Å². The van der Waals surface area contributed by atoms with Crippen LogP contribution in [0.2, 0.25) is 0 Å². The fraction of sp³-hybridized carbons (Fsp3) is 0.138. The number of nitro groups is 1. The van der Waals surface area contributed by atoms with Gasteiger partial charge in [-0.2, -0.15) is 0 Å². The van der Waals surface area contributed by atoms with E-state index in [1.165, 1.54) is 18.2 Å². The molecular weight excluding hydrogens is 502 g/mol. The van der Waals surface area contributed by atoms with Crippen LogP contribution < -0.4 is 19.7 Å². The highest BCUT2D eigenvalue weighted by atomic mass is 16.6. The van der Waals surface area contributed by atoms with Crippen molar-refractivity contribution in [2.24, 2.45) is 0 Å². The Labute approximate surface area is 224 Å². The molecule has 10 heteroatoms. The Balaban J connectivity index is 1.69. The quantitative estimate of drug-likeness (QED) is 0.130. The highest BCUT2D eigenvalue weighted by Crippen LogP contribution is 2.36. The number of nitro benzene ring substituents is 1. The molecule has 1 N–H and O–H groups in total. The molecule has 1 aliphatic heterocycles. The van der Waals surface area contributed by atoms with E-state index in [4.69, 9.17) is 9.47 Å². The van der Waals surface area contributed by atoms with Gasteiger partial charge in [-0.25, -0.2) is 9.69 Å². The number of urea groups is 1. The largest absolute Gasteiger partial charge is 0.490 e. The zero-order valence-corrected chi connectivity index (χ0v) is 21.1. The molecule has 0 saturated carbocycles. The van der Waals surface area contributed by atoms with Gasteiger partial charge in [0.2, 0.25) is 0 Å². The minimum absolute atomic E-state index is 0.0210. The Kier molecular flexibility index (Phi) is 8.15. The van der Waals surface area contributed by atoms with Crippen molar-refractivity contribution in [2.45, 2.75) is 20.0 Å². The molecule has 0 bridgehead atoms. The number of carbonyl (C=O) groups excluding carboxylic acids is 3. The van der Waals surface area contributed by atoms with Crippen LogP contribution in [0.25, 0.3) is 6.08 Å². The molecule has 1 fully saturated rings. The zero-order valence-electron chi connectivity index (χ0n) is 21.1. The predicted octanol–water partition coefficient (Wildman–Crippen LogP) is 4.97. The van der Waals surface area contributed by atoms with Gasteiger partial charge in [-0.1, -0.05) is 24.3 Å². The Hall–Kier alpha value is -5.25. The molecule has 3 aromatic rings. The van der Waals surface area contributed by atoms with Crippen molar-refractivity contribution in [3.63, 3.8) is 0 Å². The summed E-state index contributed by atoms with van der Waals surface area (Å²) in [6, 6.07) is 16.9. The van der Waals surface area contributed by atoms with Gasteiger partial charge >= 0.3 is 6.03 Å². The predicted molar refractivity (Wildman–Crippen MR) is 144 cm³/mol. The highest BCUT2D eigenvalue weighted by molar-refractivity contribution is 6.39. The molecule has 1 saturated heterocycles. The van der Waals surface area contributed by atoms with Crippen molar-refractivity contribution in [1.29, 1.82) is 0 Å². The number of carbonyl (C=O) groups is 3. The highest BCUT2D eigenvalue weighted by Gasteiger charge is 2.36. The number of imide groups is 2. The maximum Gasteiger partial charge on any atom is 0.335 e. The fourth-order valence-electron chi connectivity index (χ4n) is 4.01. The summed E-state index contributed by atoms with van der Waals surface area (Å²) in [5, 5.41) is 13.1. The summed E-state index contributed by atoms with van der Waals surface area (Å²) in [5.41, 5.74) is 1.98. The van der Waals surface area contributed by atoms with Gasteiger partial charge < -0.3 is 9.47 Å². The second-order valence-electron chi connectivity index (χ2n) is 8.44. The average molecular weight is 528 g/mol. The maximum absolute atomic E-state index is 13.2. The second-order valence-corrected chi connectivity index (χ2v) is 8.44. The van der Waals surface area contributed by atoms with E-state index in [1.807, 2.05) is 0 Å². The molecule has 0 radical (unpaired) electrons. The number of hydrogen-bond acceptors (Lipinski definition) is 7. The number of non-ortho nitro benzene ring substituents is 1. The number of nitrogens with one attached hydrogen (secondary N) is 1. The van der Waals surface area contributed by atoms with Gasteiger partial charge in [-0.3, -0.25) is 25.0 Å². The molecule has 4 amide bonds. The fourth-order valence-corrected chi connectivity index (χ4v) is 4.01. The van der Waals surface area contributed by atoms with Gasteiger partial charge in [0, 0.05) is 17.7 Å². The number of ether oxygens (including phenoxy) is 2. The van der Waals surface area contributed by atoms with E-state index in [0.29, 0.717) is 46.9 Å². The van der Waals surface area contributed by atoms with Gasteiger partial charge in [-0.05, 0) is 66.9 Å². The number of benzene rings is 3. The number of allylic oxidation sites excluding steroid dienone is 1. The molecule has 0 spiro atoms. The van der Waals surface area contributed by atoms with E-state index < -0.39 is 22.8 Å². The van der Waals surface area contributed by atoms with Crippen molar-refractivity contribution in [1.82, 2.24) is 5.32 Å². The normalized spacial score (nSPS) is 14.2. The molecule has 0 aromatic heterocycles. The van der Waals surface area contributed by atoms with Gasteiger partial charge in [0.05, 0.1) is 17.2 Å². The summed E-state index contributed by atoms with van der Waals surface area (Å²) < 4.78 is 11.9. The monoisotopic (exact) mass is 527 g/mol. The van der Waals surface area contributed by atoms with Crippen LogP contribution in [0.5, 0.6) is 11.5 Å². The number of barbiturate groups is 1. The average Bonchev–Trinajstić information content (AvgIpc) is 2.91. The van der Waals surface area contributed by atoms with Crippen LogP contribution in [0, 0.1) is 10.1 Å². The Morgan fingerprint density at radius 1 is 1.03 bits per heavy atom. The molecular formula is C29H25N3O7. The van der Waals surface area contributed by atoms with Crippen molar-refractivity contribution < 1.29 is 28.8 Å². The van der Waals surface area contributed by atoms with Crippen LogP contribution in [0.1, 0.15) is 23.6 Å². The lowest BCUT2D eigenvalue weighted by Crippen LogP contribution is -2.54. The van der Waals surface area contributed by atoms with E-state index in [1.54, 1.807) is 67.6 Å². The van der Waals surface area contributed by atoms with Crippen LogP contribution in [0.15, 0.2) is 85.0 Å². The first-order valence-electron chi connectivity index (χ1n) is 12.1. The SMILES string of the molecule is C=CCc1cc(/C=C2\C(=O)NC(=O)N(c3ccccc3)C2=O)cc(OCC)c1OCc1ccc([N+](=O)[O-])cc1. The molecule has 0 atom stereocenters. The van der Waals surface area contributed by atoms with Crippen molar-refractivity contribution >= 4 is 35.3 Å². The molecule has 39 heavy (non-hydrogen) atoms. The van der Waals surface area contributed by atoms with Crippen molar-refractivity contribution in [3.05, 3.63) is 112 Å². The van der Waals surface area contributed by atoms with E-state index in [0.717, 1.165) is 4.90 Å². The summed E-state index contributed by atoms with van der Waals surface area (Å²) in [6.45, 7) is 6.05. The lowest BCUT2D eigenvalue weighted by Gasteiger charge is -2.26. The lowest BCUT2D eigenvalue weighted by molar-refractivity contribution is -0.384. The van der Waals surface area contributed by atoms with Gasteiger partial charge in [0.15, 0.2) is 11.5 Å². The number of rotatable bonds is 10. The third-order valence-electron chi connectivity index (χ3n) is 5.78. The summed E-state index contributed by atoms with van der Waals surface area (Å²) in [6.07, 6.45) is 3.46. The minimum atomic E-state index is -0.828.